The summed E-state index contributed by atoms with van der Waals surface area (Å²) < 4.78 is 33.4. The van der Waals surface area contributed by atoms with Crippen LogP contribution in [-0.2, 0) is 10.1 Å². The average Bonchev–Trinajstić information content (AvgIpc) is 2.34. The van der Waals surface area contributed by atoms with Crippen molar-refractivity contribution in [2.75, 3.05) is 0 Å². The third-order valence-corrected chi connectivity index (χ3v) is 4.50. The molecule has 0 bridgehead atoms. The molecule has 0 unspecified atom stereocenters. The molecule has 0 aliphatic heterocycles. The molecule has 0 fully saturated rings. The molecule has 0 atom stereocenters. The molecule has 0 aliphatic carbocycles. The number of fused-ring (bicyclic) bond motifs is 1. The smallest absolute Gasteiger partial charge is 0.282 e. The lowest BCUT2D eigenvalue weighted by Crippen LogP contribution is -2.10. The monoisotopic (exact) mass is 292 g/mol. The summed E-state index contributed by atoms with van der Waals surface area (Å²) in [5.74, 6) is 0.0320. The van der Waals surface area contributed by atoms with Crippen LogP contribution in [-0.4, -0.2) is 13.0 Å². The molecule has 108 valence electrons. The van der Waals surface area contributed by atoms with Crippen LogP contribution in [0.25, 0.3) is 10.8 Å². The maximum absolute atomic E-state index is 11.9. The Morgan fingerprint density at radius 3 is 2.10 bits per heavy atom. The summed E-state index contributed by atoms with van der Waals surface area (Å²) in [6.45, 7) is 7.76. The van der Waals surface area contributed by atoms with E-state index in [4.69, 9.17) is 0 Å². The summed E-state index contributed by atoms with van der Waals surface area (Å²) in [6.07, 6.45) is 0. The molecule has 4 heteroatoms. The van der Waals surface area contributed by atoms with Gasteiger partial charge in [-0.05, 0) is 39.8 Å². The van der Waals surface area contributed by atoms with E-state index in [1.807, 2.05) is 58.0 Å². The van der Waals surface area contributed by atoms with Gasteiger partial charge in [0.1, 0.15) is 4.90 Å². The van der Waals surface area contributed by atoms with Crippen LogP contribution in [0.3, 0.4) is 0 Å². The second-order valence-electron chi connectivity index (χ2n) is 5.71. The van der Waals surface area contributed by atoms with Crippen molar-refractivity contribution >= 4 is 20.9 Å². The minimum Gasteiger partial charge on any atom is -0.282 e. The van der Waals surface area contributed by atoms with Gasteiger partial charge in [-0.15, -0.1) is 0 Å². The molecule has 0 amide bonds. The van der Waals surface area contributed by atoms with E-state index in [0.717, 1.165) is 10.8 Å². The highest BCUT2D eigenvalue weighted by Crippen LogP contribution is 2.37. The summed E-state index contributed by atoms with van der Waals surface area (Å²) >= 11 is 0. The second-order valence-corrected chi connectivity index (χ2v) is 7.07. The zero-order valence-electron chi connectivity index (χ0n) is 12.2. The summed E-state index contributed by atoms with van der Waals surface area (Å²) in [5, 5.41) is 1.90. The van der Waals surface area contributed by atoms with Gasteiger partial charge in [0.2, 0.25) is 0 Å². The molecule has 2 aromatic rings. The minimum atomic E-state index is -4.25. The van der Waals surface area contributed by atoms with E-state index in [1.54, 1.807) is 0 Å². The topological polar surface area (TPSA) is 54.4 Å². The van der Waals surface area contributed by atoms with Gasteiger partial charge in [-0.25, -0.2) is 0 Å². The van der Waals surface area contributed by atoms with Crippen molar-refractivity contribution in [3.05, 3.63) is 41.5 Å². The largest absolute Gasteiger partial charge is 0.295 e. The Labute approximate surface area is 120 Å². The molecular weight excluding hydrogens is 272 g/mol. The van der Waals surface area contributed by atoms with Crippen molar-refractivity contribution in [3.63, 3.8) is 0 Å². The van der Waals surface area contributed by atoms with Crippen LogP contribution in [0.2, 0.25) is 0 Å². The Hall–Kier alpha value is -1.39. The molecule has 0 saturated carbocycles. The summed E-state index contributed by atoms with van der Waals surface area (Å²) in [7, 11) is -4.25. The Kier molecular flexibility index (Phi) is 3.89. The minimum absolute atomic E-state index is 0.00975. The maximum Gasteiger partial charge on any atom is 0.295 e. The van der Waals surface area contributed by atoms with E-state index < -0.39 is 10.1 Å². The second kappa shape index (κ2) is 5.19. The fraction of sp³-hybridized carbons (Fsp3) is 0.375. The molecule has 3 nitrogen and oxygen atoms in total. The van der Waals surface area contributed by atoms with Crippen molar-refractivity contribution in [3.8, 4) is 0 Å². The number of benzene rings is 2. The van der Waals surface area contributed by atoms with E-state index in [9.17, 15) is 13.0 Å². The van der Waals surface area contributed by atoms with Gasteiger partial charge in [0.15, 0.2) is 0 Å². The first-order valence-electron chi connectivity index (χ1n) is 6.76. The third-order valence-electron chi connectivity index (χ3n) is 3.53. The molecule has 0 radical (unpaired) electrons. The van der Waals surface area contributed by atoms with Gasteiger partial charge >= 0.3 is 0 Å². The Bertz CT molecular complexity index is 744. The molecular formula is C16H20O3S. The van der Waals surface area contributed by atoms with E-state index in [2.05, 4.69) is 0 Å². The van der Waals surface area contributed by atoms with E-state index in [-0.39, 0.29) is 16.7 Å². The molecule has 0 saturated heterocycles. The molecule has 2 aromatic carbocycles. The predicted octanol–water partition coefficient (Wildman–Crippen LogP) is 4.33. The highest BCUT2D eigenvalue weighted by atomic mass is 32.2. The summed E-state index contributed by atoms with van der Waals surface area (Å²) in [5.41, 5.74) is 1.38. The van der Waals surface area contributed by atoms with Gasteiger partial charge in [-0.3, -0.25) is 4.55 Å². The van der Waals surface area contributed by atoms with Gasteiger partial charge in [-0.2, -0.15) is 8.42 Å². The van der Waals surface area contributed by atoms with Crippen LogP contribution in [0.4, 0.5) is 0 Å². The van der Waals surface area contributed by atoms with Crippen LogP contribution >= 0.6 is 0 Å². The lowest BCUT2D eigenvalue weighted by atomic mass is 9.90. The Morgan fingerprint density at radius 1 is 1.00 bits per heavy atom. The van der Waals surface area contributed by atoms with E-state index in [0.29, 0.717) is 11.1 Å². The van der Waals surface area contributed by atoms with Crippen molar-refractivity contribution in [2.24, 2.45) is 0 Å². The summed E-state index contributed by atoms with van der Waals surface area (Å²) in [6, 6.07) is 9.57. The van der Waals surface area contributed by atoms with E-state index in [1.165, 1.54) is 0 Å². The van der Waals surface area contributed by atoms with Gasteiger partial charge in [0.05, 0.1) is 0 Å². The number of rotatable bonds is 3. The molecule has 20 heavy (non-hydrogen) atoms. The zero-order chi connectivity index (χ0) is 15.1. The van der Waals surface area contributed by atoms with Crippen molar-refractivity contribution in [1.29, 1.82) is 0 Å². The molecule has 2 rings (SSSR count). The highest BCUT2D eigenvalue weighted by molar-refractivity contribution is 7.86. The Morgan fingerprint density at radius 2 is 1.60 bits per heavy atom. The third kappa shape index (κ3) is 2.58. The predicted molar refractivity (Wildman–Crippen MR) is 81.9 cm³/mol. The molecule has 0 aromatic heterocycles. The lowest BCUT2D eigenvalue weighted by molar-refractivity contribution is 0.479. The normalized spacial score (nSPS) is 12.6. The lowest BCUT2D eigenvalue weighted by Gasteiger charge is -2.20. The van der Waals surface area contributed by atoms with Crippen LogP contribution in [0.5, 0.6) is 0 Å². The average molecular weight is 292 g/mol. The first-order valence-corrected chi connectivity index (χ1v) is 8.20. The maximum atomic E-state index is 11.9. The quantitative estimate of drug-likeness (QED) is 0.856. The molecule has 0 aliphatic rings. The van der Waals surface area contributed by atoms with Crippen molar-refractivity contribution < 1.29 is 13.0 Å². The zero-order valence-corrected chi connectivity index (χ0v) is 13.0. The molecule has 0 spiro atoms. The Balaban J connectivity index is 3.05. The van der Waals surface area contributed by atoms with Crippen molar-refractivity contribution in [2.45, 2.75) is 44.4 Å². The molecule has 0 heterocycles. The number of hydrogen-bond donors (Lipinski definition) is 1. The van der Waals surface area contributed by atoms with Gasteiger partial charge in [0, 0.05) is 0 Å². The SMILES string of the molecule is CC(C)c1cc2ccccc2c(C(C)C)c1S(=O)(=O)O. The fourth-order valence-electron chi connectivity index (χ4n) is 2.67. The van der Waals surface area contributed by atoms with Crippen LogP contribution in [0, 0.1) is 0 Å². The molecule has 1 N–H and O–H groups in total. The van der Waals surface area contributed by atoms with Crippen molar-refractivity contribution in [1.82, 2.24) is 0 Å². The highest BCUT2D eigenvalue weighted by Gasteiger charge is 2.25. The number of hydrogen-bond acceptors (Lipinski definition) is 2. The van der Waals surface area contributed by atoms with Gasteiger partial charge in [0.25, 0.3) is 10.1 Å². The first kappa shape index (κ1) is 15.0. The van der Waals surface area contributed by atoms with Crippen LogP contribution in [0.1, 0.15) is 50.7 Å². The first-order chi connectivity index (χ1) is 9.23. The van der Waals surface area contributed by atoms with E-state index >= 15 is 0 Å². The fourth-order valence-corrected chi connectivity index (χ4v) is 3.89. The standard InChI is InChI=1S/C16H20O3S/c1-10(2)14-9-12-7-5-6-8-13(12)15(11(3)4)16(14)20(17,18)19/h5-11H,1-4H3,(H,17,18,19). The van der Waals surface area contributed by atoms with Crippen LogP contribution in [0.15, 0.2) is 35.2 Å². The van der Waals surface area contributed by atoms with Gasteiger partial charge in [-0.1, -0.05) is 52.0 Å². The summed E-state index contributed by atoms with van der Waals surface area (Å²) in [4.78, 5) is 0.0844. The van der Waals surface area contributed by atoms with Crippen LogP contribution < -0.4 is 0 Å². The van der Waals surface area contributed by atoms with Gasteiger partial charge < -0.3 is 0 Å².